The quantitative estimate of drug-likeness (QED) is 0.524. The van der Waals surface area contributed by atoms with Crippen molar-refractivity contribution in [3.05, 3.63) is 46.1 Å². The van der Waals surface area contributed by atoms with Gasteiger partial charge in [0.05, 0.1) is 6.42 Å². The monoisotopic (exact) mass is 449 g/mol. The molecule has 0 saturated heterocycles. The molecule has 1 N–H and O–H groups in total. The van der Waals surface area contributed by atoms with Crippen molar-refractivity contribution in [1.82, 2.24) is 4.90 Å². The fourth-order valence-electron chi connectivity index (χ4n) is 5.06. The third-order valence-corrected chi connectivity index (χ3v) is 7.33. The first-order chi connectivity index (χ1) is 14.5. The van der Waals surface area contributed by atoms with Gasteiger partial charge in [-0.15, -0.1) is 0 Å². The van der Waals surface area contributed by atoms with Gasteiger partial charge in [0.25, 0.3) is 0 Å². The van der Waals surface area contributed by atoms with Gasteiger partial charge in [-0.3, -0.25) is 9.59 Å². The molecule has 0 spiro atoms. The fourth-order valence-corrected chi connectivity index (χ4v) is 5.33. The lowest BCUT2D eigenvalue weighted by Crippen LogP contribution is -2.42. The van der Waals surface area contributed by atoms with Crippen LogP contribution in [0.4, 0.5) is 4.39 Å². The van der Waals surface area contributed by atoms with Crippen LogP contribution < -0.4 is 0 Å². The van der Waals surface area contributed by atoms with E-state index in [1.54, 1.807) is 0 Å². The van der Waals surface area contributed by atoms with Crippen molar-refractivity contribution in [1.29, 1.82) is 0 Å². The molecule has 1 aliphatic carbocycles. The van der Waals surface area contributed by atoms with Crippen LogP contribution in [0.2, 0.25) is 5.02 Å². The van der Waals surface area contributed by atoms with Crippen LogP contribution in [0, 0.1) is 5.92 Å². The van der Waals surface area contributed by atoms with Crippen molar-refractivity contribution in [2.75, 3.05) is 6.54 Å². The minimum absolute atomic E-state index is 0.0824. The lowest BCUT2D eigenvalue weighted by Gasteiger charge is -2.41. The topological polar surface area (TPSA) is 57.6 Å². The number of halogens is 2. The molecule has 0 unspecified atom stereocenters. The highest BCUT2D eigenvalue weighted by molar-refractivity contribution is 6.31. The maximum atomic E-state index is 14.8. The van der Waals surface area contributed by atoms with E-state index in [-0.39, 0.29) is 31.2 Å². The summed E-state index contributed by atoms with van der Waals surface area (Å²) in [6.45, 7) is 6.37. The van der Waals surface area contributed by atoms with Crippen LogP contribution >= 0.6 is 11.6 Å². The average molecular weight is 450 g/mol. The van der Waals surface area contributed by atoms with Crippen LogP contribution in [0.25, 0.3) is 0 Å². The normalized spacial score (nSPS) is 23.4. The molecule has 0 radical (unpaired) electrons. The van der Waals surface area contributed by atoms with Crippen LogP contribution in [0.5, 0.6) is 0 Å². The number of carbonyl (C=O) groups excluding carboxylic acids is 1. The molecule has 31 heavy (non-hydrogen) atoms. The van der Waals surface area contributed by atoms with E-state index in [1.807, 2.05) is 31.3 Å². The molecule has 1 aliphatic heterocycles. The van der Waals surface area contributed by atoms with Crippen molar-refractivity contribution in [2.24, 2.45) is 5.92 Å². The summed E-state index contributed by atoms with van der Waals surface area (Å²) < 4.78 is 14.8. The first-order valence-corrected chi connectivity index (χ1v) is 11.6. The summed E-state index contributed by atoms with van der Waals surface area (Å²) in [5.74, 6) is -0.831. The number of carbonyl (C=O) groups is 2. The van der Waals surface area contributed by atoms with Gasteiger partial charge in [0, 0.05) is 29.6 Å². The first-order valence-electron chi connectivity index (χ1n) is 11.3. The fraction of sp³-hybridized carbons (Fsp3) is 0.600. The molecule has 1 heterocycles. The number of benzene rings is 1. The van der Waals surface area contributed by atoms with Crippen LogP contribution in [0.3, 0.4) is 0 Å². The summed E-state index contributed by atoms with van der Waals surface area (Å²) in [5.41, 5.74) is 1.41. The number of carboxylic acid groups (broad SMARTS) is 1. The zero-order chi connectivity index (χ0) is 22.8. The van der Waals surface area contributed by atoms with E-state index in [2.05, 4.69) is 13.8 Å². The number of alkyl halides is 1. The van der Waals surface area contributed by atoms with Gasteiger partial charge in [0.2, 0.25) is 5.91 Å². The van der Waals surface area contributed by atoms with E-state index in [0.717, 1.165) is 29.5 Å². The number of rotatable bonds is 8. The highest BCUT2D eigenvalue weighted by Gasteiger charge is 2.40. The summed E-state index contributed by atoms with van der Waals surface area (Å²) in [5, 5.41) is 9.59. The molecule has 0 aromatic heterocycles. The molecular weight excluding hydrogens is 417 g/mol. The number of hydrogen-bond acceptors (Lipinski definition) is 2. The minimum atomic E-state index is -1.06. The maximum absolute atomic E-state index is 14.8. The highest BCUT2D eigenvalue weighted by Crippen LogP contribution is 2.44. The van der Waals surface area contributed by atoms with E-state index in [9.17, 15) is 14.0 Å². The van der Waals surface area contributed by atoms with E-state index >= 15 is 0 Å². The second-order valence-electron chi connectivity index (χ2n) is 9.64. The summed E-state index contributed by atoms with van der Waals surface area (Å²) in [6.07, 6.45) is 6.33. The van der Waals surface area contributed by atoms with E-state index in [4.69, 9.17) is 16.7 Å². The summed E-state index contributed by atoms with van der Waals surface area (Å²) in [6, 6.07) is 5.91. The van der Waals surface area contributed by atoms with E-state index in [0.29, 0.717) is 30.7 Å². The number of aliphatic carboxylic acids is 1. The van der Waals surface area contributed by atoms with Crippen molar-refractivity contribution in [3.8, 4) is 0 Å². The third-order valence-electron chi connectivity index (χ3n) is 6.98. The molecule has 0 bridgehead atoms. The molecule has 1 saturated carbocycles. The van der Waals surface area contributed by atoms with Crippen molar-refractivity contribution >= 4 is 23.5 Å². The number of nitrogens with zero attached hydrogens (tertiary/aromatic N) is 1. The number of aryl methyl sites for hydroxylation is 1. The Kier molecular flexibility index (Phi) is 7.14. The summed E-state index contributed by atoms with van der Waals surface area (Å²) in [7, 11) is 0. The van der Waals surface area contributed by atoms with Crippen LogP contribution in [0.15, 0.2) is 30.0 Å². The third kappa shape index (κ3) is 5.31. The van der Waals surface area contributed by atoms with E-state index in [1.165, 1.54) is 4.90 Å². The minimum Gasteiger partial charge on any atom is -0.481 e. The predicted molar refractivity (Wildman–Crippen MR) is 121 cm³/mol. The van der Waals surface area contributed by atoms with Crippen molar-refractivity contribution in [2.45, 2.75) is 83.2 Å². The Balaban J connectivity index is 1.84. The Bertz CT molecular complexity index is 876. The number of carboxylic acids is 1. The SMILES string of the molecule is CC(C)C1=CN(CCC(=O)O)C(=O)C[C@@]1(C)c1ccc(CCC2(F)CCCC2)c(Cl)c1. The Morgan fingerprint density at radius 2 is 1.97 bits per heavy atom. The number of allylic oxidation sites excluding steroid dienone is 1. The van der Waals surface area contributed by atoms with Crippen molar-refractivity contribution in [3.63, 3.8) is 0 Å². The molecule has 4 nitrogen and oxygen atoms in total. The van der Waals surface area contributed by atoms with Crippen LogP contribution in [0.1, 0.15) is 76.8 Å². The molecule has 3 rings (SSSR count). The molecule has 170 valence electrons. The van der Waals surface area contributed by atoms with E-state index < -0.39 is 17.1 Å². The second-order valence-corrected chi connectivity index (χ2v) is 10.1. The highest BCUT2D eigenvalue weighted by atomic mass is 35.5. The smallest absolute Gasteiger partial charge is 0.305 e. The summed E-state index contributed by atoms with van der Waals surface area (Å²) in [4.78, 5) is 25.3. The predicted octanol–water partition coefficient (Wildman–Crippen LogP) is 6.06. The summed E-state index contributed by atoms with van der Waals surface area (Å²) >= 11 is 6.62. The zero-order valence-electron chi connectivity index (χ0n) is 18.7. The second kappa shape index (κ2) is 9.32. The van der Waals surface area contributed by atoms with Gasteiger partial charge in [0.15, 0.2) is 0 Å². The van der Waals surface area contributed by atoms with Gasteiger partial charge in [-0.25, -0.2) is 4.39 Å². The molecule has 1 atom stereocenters. The molecule has 1 fully saturated rings. The van der Waals surface area contributed by atoms with Crippen LogP contribution in [-0.2, 0) is 21.4 Å². The van der Waals surface area contributed by atoms with Gasteiger partial charge in [0.1, 0.15) is 5.67 Å². The Labute approximate surface area is 189 Å². The first kappa shape index (κ1) is 23.8. The molecule has 1 aromatic rings. The molecular formula is C25H33ClFNO3. The maximum Gasteiger partial charge on any atom is 0.305 e. The Morgan fingerprint density at radius 3 is 2.55 bits per heavy atom. The zero-order valence-corrected chi connectivity index (χ0v) is 19.5. The molecule has 1 aromatic carbocycles. The number of amides is 1. The number of hydrogen-bond donors (Lipinski definition) is 1. The largest absolute Gasteiger partial charge is 0.481 e. The average Bonchev–Trinajstić information content (AvgIpc) is 3.12. The lowest BCUT2D eigenvalue weighted by atomic mass is 9.68. The standard InChI is InChI=1S/C25H33ClFNO3/c1-17(2)20-16-28(13-9-23(30)31)22(29)15-24(20,3)19-7-6-18(21(26)14-19)8-12-25(27)10-4-5-11-25/h6-7,14,16-17H,4-5,8-13,15H2,1-3H3,(H,30,31)/t24-/m0/s1. The van der Waals surface area contributed by atoms with Crippen molar-refractivity contribution < 1.29 is 19.1 Å². The lowest BCUT2D eigenvalue weighted by molar-refractivity contribution is -0.138. The molecule has 6 heteroatoms. The van der Waals surface area contributed by atoms with Gasteiger partial charge >= 0.3 is 5.97 Å². The molecule has 2 aliphatic rings. The van der Waals surface area contributed by atoms with Gasteiger partial charge in [-0.1, -0.05) is 57.3 Å². The van der Waals surface area contributed by atoms with Gasteiger partial charge in [-0.05, 0) is 54.4 Å². The molecule has 1 amide bonds. The Morgan fingerprint density at radius 1 is 1.29 bits per heavy atom. The van der Waals surface area contributed by atoms with Gasteiger partial charge < -0.3 is 10.0 Å². The Hall–Kier alpha value is -1.88. The van der Waals surface area contributed by atoms with Gasteiger partial charge in [-0.2, -0.15) is 0 Å². The van der Waals surface area contributed by atoms with Crippen LogP contribution in [-0.4, -0.2) is 34.1 Å².